The van der Waals surface area contributed by atoms with Gasteiger partial charge in [-0.3, -0.25) is 14.4 Å². The quantitative estimate of drug-likeness (QED) is 0.228. The molecule has 29 heavy (non-hydrogen) atoms. The maximum absolute atomic E-state index is 11.9. The fourth-order valence-electron chi connectivity index (χ4n) is 3.48. The number of carboxylic acid groups (broad SMARTS) is 1. The first-order valence-corrected chi connectivity index (χ1v) is 11.8. The van der Waals surface area contributed by atoms with Crippen molar-refractivity contribution >= 4 is 17.8 Å². The van der Waals surface area contributed by atoms with Crippen LogP contribution in [-0.2, 0) is 14.4 Å². The van der Waals surface area contributed by atoms with E-state index in [2.05, 4.69) is 12.2 Å². The number of carboxylic acids is 1. The van der Waals surface area contributed by atoms with Gasteiger partial charge in [0.25, 0.3) is 0 Å². The molecular weight excluding hydrogens is 368 g/mol. The van der Waals surface area contributed by atoms with Gasteiger partial charge in [-0.05, 0) is 12.8 Å². The molecule has 0 bridgehead atoms. The summed E-state index contributed by atoms with van der Waals surface area (Å²) in [6.45, 7) is 2.25. The van der Waals surface area contributed by atoms with Gasteiger partial charge in [0, 0.05) is 12.8 Å². The standard InChI is InChI=1S/C23H44N2O4/c1-2-3-4-5-6-7-8-9-10-11-12-13-14-15-16-17-21(26)25-20(23(24)29)18-19-22(27)28/h20H,2-19H2,1H3,(H2,24,29)(H,25,26)(H,27,28)/t20-/m0/s1. The summed E-state index contributed by atoms with van der Waals surface area (Å²) in [4.78, 5) is 33.7. The first-order chi connectivity index (χ1) is 14.0. The third-order valence-corrected chi connectivity index (χ3v) is 5.33. The SMILES string of the molecule is CCCCCCCCCCCCCCCCCC(=O)N[C@@H](CCC(=O)O)C(N)=O. The fourth-order valence-corrected chi connectivity index (χ4v) is 3.48. The number of unbranched alkanes of at least 4 members (excludes halogenated alkanes) is 14. The molecule has 0 aromatic carbocycles. The Morgan fingerprint density at radius 1 is 0.724 bits per heavy atom. The minimum atomic E-state index is -1.01. The Balaban J connectivity index is 3.45. The van der Waals surface area contributed by atoms with Gasteiger partial charge in [0.2, 0.25) is 11.8 Å². The highest BCUT2D eigenvalue weighted by Crippen LogP contribution is 2.13. The summed E-state index contributed by atoms with van der Waals surface area (Å²) in [7, 11) is 0. The summed E-state index contributed by atoms with van der Waals surface area (Å²) in [6, 6.07) is -0.894. The van der Waals surface area contributed by atoms with Crippen molar-refractivity contribution in [1.29, 1.82) is 0 Å². The zero-order valence-electron chi connectivity index (χ0n) is 18.6. The second kappa shape index (κ2) is 19.7. The van der Waals surface area contributed by atoms with E-state index in [1.807, 2.05) is 0 Å². The van der Waals surface area contributed by atoms with E-state index in [0.717, 1.165) is 19.3 Å². The van der Waals surface area contributed by atoms with Gasteiger partial charge in [-0.1, -0.05) is 96.8 Å². The normalized spacial score (nSPS) is 11.9. The Hall–Kier alpha value is -1.59. The number of primary amides is 1. The summed E-state index contributed by atoms with van der Waals surface area (Å²) < 4.78 is 0. The lowest BCUT2D eigenvalue weighted by Crippen LogP contribution is -2.44. The Kier molecular flexibility index (Phi) is 18.6. The van der Waals surface area contributed by atoms with Gasteiger partial charge >= 0.3 is 5.97 Å². The first-order valence-electron chi connectivity index (χ1n) is 11.8. The maximum Gasteiger partial charge on any atom is 0.303 e. The van der Waals surface area contributed by atoms with Crippen LogP contribution >= 0.6 is 0 Å². The minimum Gasteiger partial charge on any atom is -0.481 e. The van der Waals surface area contributed by atoms with Crippen LogP contribution in [0.2, 0.25) is 0 Å². The van der Waals surface area contributed by atoms with Crippen LogP contribution in [-0.4, -0.2) is 28.9 Å². The third kappa shape index (κ3) is 19.5. The van der Waals surface area contributed by atoms with Crippen LogP contribution in [0.3, 0.4) is 0 Å². The lowest BCUT2D eigenvalue weighted by atomic mass is 10.0. The number of carbonyl (C=O) groups excluding carboxylic acids is 2. The number of hydrogen-bond acceptors (Lipinski definition) is 3. The van der Waals surface area contributed by atoms with E-state index in [1.54, 1.807) is 0 Å². The third-order valence-electron chi connectivity index (χ3n) is 5.33. The molecule has 0 aliphatic heterocycles. The number of aliphatic carboxylic acids is 1. The zero-order chi connectivity index (χ0) is 21.7. The molecule has 0 saturated carbocycles. The molecule has 0 saturated heterocycles. The number of rotatable bonds is 21. The molecule has 2 amide bonds. The van der Waals surface area contributed by atoms with Gasteiger partial charge in [-0.2, -0.15) is 0 Å². The van der Waals surface area contributed by atoms with Gasteiger partial charge in [0.05, 0.1) is 0 Å². The Labute approximate surface area is 177 Å². The molecule has 0 aliphatic rings. The highest BCUT2D eigenvalue weighted by molar-refractivity contribution is 5.86. The molecule has 0 unspecified atom stereocenters. The molecule has 0 spiro atoms. The van der Waals surface area contributed by atoms with E-state index in [9.17, 15) is 14.4 Å². The predicted molar refractivity (Wildman–Crippen MR) is 118 cm³/mol. The number of carbonyl (C=O) groups is 3. The second-order valence-electron chi connectivity index (χ2n) is 8.15. The fraction of sp³-hybridized carbons (Fsp3) is 0.870. The van der Waals surface area contributed by atoms with Crippen molar-refractivity contribution in [3.05, 3.63) is 0 Å². The maximum atomic E-state index is 11.9. The van der Waals surface area contributed by atoms with E-state index < -0.39 is 17.9 Å². The highest BCUT2D eigenvalue weighted by atomic mass is 16.4. The summed E-state index contributed by atoms with van der Waals surface area (Å²) in [5.41, 5.74) is 5.21. The van der Waals surface area contributed by atoms with Crippen molar-refractivity contribution in [2.24, 2.45) is 5.73 Å². The minimum absolute atomic E-state index is 0.0370. The summed E-state index contributed by atoms with van der Waals surface area (Å²) in [6.07, 6.45) is 19.2. The largest absolute Gasteiger partial charge is 0.481 e. The Morgan fingerprint density at radius 3 is 1.52 bits per heavy atom. The van der Waals surface area contributed by atoms with Crippen molar-refractivity contribution in [2.45, 2.75) is 129 Å². The van der Waals surface area contributed by atoms with Crippen molar-refractivity contribution < 1.29 is 19.5 Å². The molecule has 0 fully saturated rings. The number of nitrogens with one attached hydrogen (secondary N) is 1. The zero-order valence-corrected chi connectivity index (χ0v) is 18.6. The average molecular weight is 413 g/mol. The molecule has 0 radical (unpaired) electrons. The van der Waals surface area contributed by atoms with Crippen molar-refractivity contribution in [1.82, 2.24) is 5.32 Å². The van der Waals surface area contributed by atoms with Crippen LogP contribution in [0, 0.1) is 0 Å². The molecule has 170 valence electrons. The molecule has 0 heterocycles. The Bertz CT molecular complexity index is 441. The molecular formula is C23H44N2O4. The van der Waals surface area contributed by atoms with E-state index in [1.165, 1.54) is 77.0 Å². The van der Waals surface area contributed by atoms with Crippen LogP contribution in [0.1, 0.15) is 122 Å². The van der Waals surface area contributed by atoms with Crippen molar-refractivity contribution in [3.8, 4) is 0 Å². The number of nitrogens with two attached hydrogens (primary N) is 1. The Morgan fingerprint density at radius 2 is 1.14 bits per heavy atom. The van der Waals surface area contributed by atoms with Crippen LogP contribution in [0.4, 0.5) is 0 Å². The highest BCUT2D eigenvalue weighted by Gasteiger charge is 2.18. The smallest absolute Gasteiger partial charge is 0.303 e. The van der Waals surface area contributed by atoms with E-state index in [-0.39, 0.29) is 18.7 Å². The molecule has 0 aromatic rings. The molecule has 1 atom stereocenters. The first kappa shape index (κ1) is 27.4. The van der Waals surface area contributed by atoms with Crippen LogP contribution in [0.25, 0.3) is 0 Å². The molecule has 0 aliphatic carbocycles. The van der Waals surface area contributed by atoms with Gasteiger partial charge < -0.3 is 16.2 Å². The van der Waals surface area contributed by atoms with Gasteiger partial charge in [-0.25, -0.2) is 0 Å². The molecule has 0 rings (SSSR count). The number of amides is 2. The van der Waals surface area contributed by atoms with Crippen LogP contribution in [0.15, 0.2) is 0 Å². The van der Waals surface area contributed by atoms with E-state index in [4.69, 9.17) is 10.8 Å². The molecule has 6 nitrogen and oxygen atoms in total. The van der Waals surface area contributed by atoms with Gasteiger partial charge in [0.15, 0.2) is 0 Å². The summed E-state index contributed by atoms with van der Waals surface area (Å²) in [5, 5.41) is 11.2. The topological polar surface area (TPSA) is 109 Å². The summed E-state index contributed by atoms with van der Waals surface area (Å²) in [5.74, 6) is -1.92. The molecule has 0 aromatic heterocycles. The van der Waals surface area contributed by atoms with E-state index in [0.29, 0.717) is 6.42 Å². The number of hydrogen-bond donors (Lipinski definition) is 3. The van der Waals surface area contributed by atoms with E-state index >= 15 is 0 Å². The van der Waals surface area contributed by atoms with Crippen LogP contribution in [0.5, 0.6) is 0 Å². The lowest BCUT2D eigenvalue weighted by Gasteiger charge is -2.14. The molecule has 6 heteroatoms. The monoisotopic (exact) mass is 412 g/mol. The average Bonchev–Trinajstić information content (AvgIpc) is 2.67. The lowest BCUT2D eigenvalue weighted by molar-refractivity contribution is -0.137. The summed E-state index contributed by atoms with van der Waals surface area (Å²) >= 11 is 0. The van der Waals surface area contributed by atoms with Crippen LogP contribution < -0.4 is 11.1 Å². The van der Waals surface area contributed by atoms with Crippen molar-refractivity contribution in [2.75, 3.05) is 0 Å². The predicted octanol–water partition coefficient (Wildman–Crippen LogP) is 5.08. The van der Waals surface area contributed by atoms with Gasteiger partial charge in [0.1, 0.15) is 6.04 Å². The molecule has 4 N–H and O–H groups in total. The van der Waals surface area contributed by atoms with Crippen molar-refractivity contribution in [3.63, 3.8) is 0 Å². The van der Waals surface area contributed by atoms with Gasteiger partial charge in [-0.15, -0.1) is 0 Å². The second-order valence-corrected chi connectivity index (χ2v) is 8.15.